The van der Waals surface area contributed by atoms with Crippen LogP contribution in [0.25, 0.3) is 0 Å². The van der Waals surface area contributed by atoms with E-state index < -0.39 is 21.7 Å². The summed E-state index contributed by atoms with van der Waals surface area (Å²) < 4.78 is 53.8. The lowest BCUT2D eigenvalue weighted by Crippen LogP contribution is -2.21. The maximum absolute atomic E-state index is 13.6. The largest absolute Gasteiger partial charge is 0.370 e. The van der Waals surface area contributed by atoms with Crippen molar-refractivity contribution in [3.05, 3.63) is 54.1 Å². The van der Waals surface area contributed by atoms with Gasteiger partial charge in [-0.05, 0) is 49.2 Å². The second kappa shape index (κ2) is 6.16. The first-order chi connectivity index (χ1) is 11.0. The Morgan fingerprint density at radius 3 is 2.17 bits per heavy atom. The topological polar surface area (TPSA) is 49.4 Å². The van der Waals surface area contributed by atoms with Gasteiger partial charge in [0.25, 0.3) is 10.0 Å². The Hall–Kier alpha value is -2.15. The molecule has 23 heavy (non-hydrogen) atoms. The van der Waals surface area contributed by atoms with E-state index in [9.17, 15) is 17.2 Å². The molecule has 122 valence electrons. The Morgan fingerprint density at radius 1 is 0.913 bits per heavy atom. The summed E-state index contributed by atoms with van der Waals surface area (Å²) in [6, 6.07) is 8.53. The Bertz CT molecular complexity index is 801. The van der Waals surface area contributed by atoms with Crippen molar-refractivity contribution in [2.24, 2.45) is 0 Å². The molecule has 1 N–H and O–H groups in total. The summed E-state index contributed by atoms with van der Waals surface area (Å²) >= 11 is 0. The average molecular weight is 338 g/mol. The highest BCUT2D eigenvalue weighted by molar-refractivity contribution is 7.92. The Balaban J connectivity index is 1.95. The van der Waals surface area contributed by atoms with Crippen LogP contribution in [-0.4, -0.2) is 21.5 Å². The van der Waals surface area contributed by atoms with Crippen LogP contribution in [0.15, 0.2) is 47.4 Å². The predicted octanol–water partition coefficient (Wildman–Crippen LogP) is 3.37. The van der Waals surface area contributed by atoms with Crippen molar-refractivity contribution < 1.29 is 17.2 Å². The highest BCUT2D eigenvalue weighted by Crippen LogP contribution is 2.31. The molecule has 4 nitrogen and oxygen atoms in total. The number of nitrogens with zero attached hydrogens (tertiary/aromatic N) is 1. The number of anilines is 2. The highest BCUT2D eigenvalue weighted by atomic mass is 32.2. The van der Waals surface area contributed by atoms with Crippen LogP contribution in [0.3, 0.4) is 0 Å². The van der Waals surface area contributed by atoms with Gasteiger partial charge >= 0.3 is 0 Å². The van der Waals surface area contributed by atoms with Gasteiger partial charge in [0.1, 0.15) is 11.6 Å². The van der Waals surface area contributed by atoms with Crippen LogP contribution in [0.4, 0.5) is 20.2 Å². The third-order valence-electron chi connectivity index (χ3n) is 3.77. The van der Waals surface area contributed by atoms with E-state index >= 15 is 0 Å². The molecule has 2 aromatic carbocycles. The fourth-order valence-electron chi connectivity index (χ4n) is 2.64. The van der Waals surface area contributed by atoms with Crippen LogP contribution in [-0.2, 0) is 10.0 Å². The van der Waals surface area contributed by atoms with E-state index in [1.807, 2.05) is 4.90 Å². The van der Waals surface area contributed by atoms with E-state index in [4.69, 9.17) is 0 Å². The molecule has 3 rings (SSSR count). The van der Waals surface area contributed by atoms with Crippen molar-refractivity contribution in [3.63, 3.8) is 0 Å². The quantitative estimate of drug-likeness (QED) is 0.930. The molecule has 0 saturated carbocycles. The van der Waals surface area contributed by atoms with E-state index in [0.717, 1.165) is 44.1 Å². The maximum atomic E-state index is 13.6. The molecule has 2 aromatic rings. The molecule has 0 aliphatic carbocycles. The summed E-state index contributed by atoms with van der Waals surface area (Å²) in [5.74, 6) is -1.04. The van der Waals surface area contributed by atoms with Crippen LogP contribution in [0.1, 0.15) is 12.8 Å². The summed E-state index contributed by atoms with van der Waals surface area (Å²) in [7, 11) is -3.91. The molecule has 0 radical (unpaired) electrons. The standard InChI is InChI=1S/C16H16F2N2O2S/c17-12-3-6-14(7-4-12)23(21,22)19-15-11-13(18)5-8-16(15)20-9-1-2-10-20/h3-8,11,19H,1-2,9-10H2. The molecule has 0 atom stereocenters. The monoisotopic (exact) mass is 338 g/mol. The number of sulfonamides is 1. The fraction of sp³-hybridized carbons (Fsp3) is 0.250. The molecule has 0 amide bonds. The SMILES string of the molecule is O=S(=O)(Nc1cc(F)ccc1N1CCCC1)c1ccc(F)cc1. The third kappa shape index (κ3) is 3.44. The Morgan fingerprint density at radius 2 is 1.52 bits per heavy atom. The van der Waals surface area contributed by atoms with E-state index in [2.05, 4.69) is 4.72 Å². The third-order valence-corrected chi connectivity index (χ3v) is 5.16. The number of hydrogen-bond acceptors (Lipinski definition) is 3. The molecule has 7 heteroatoms. The second-order valence-electron chi connectivity index (χ2n) is 5.42. The minimum Gasteiger partial charge on any atom is -0.370 e. The van der Waals surface area contributed by atoms with Gasteiger partial charge in [0.2, 0.25) is 0 Å². The van der Waals surface area contributed by atoms with Crippen LogP contribution < -0.4 is 9.62 Å². The first-order valence-electron chi connectivity index (χ1n) is 7.29. The lowest BCUT2D eigenvalue weighted by atomic mass is 10.2. The number of benzene rings is 2. The van der Waals surface area contributed by atoms with E-state index in [1.165, 1.54) is 18.2 Å². The van der Waals surface area contributed by atoms with Crippen LogP contribution in [0.5, 0.6) is 0 Å². The summed E-state index contributed by atoms with van der Waals surface area (Å²) in [6.45, 7) is 1.60. The van der Waals surface area contributed by atoms with Gasteiger partial charge in [-0.1, -0.05) is 0 Å². The van der Waals surface area contributed by atoms with Gasteiger partial charge in [0.05, 0.1) is 16.3 Å². The summed E-state index contributed by atoms with van der Waals surface area (Å²) in [5.41, 5.74) is 0.839. The smallest absolute Gasteiger partial charge is 0.261 e. The van der Waals surface area contributed by atoms with Crippen molar-refractivity contribution in [1.82, 2.24) is 0 Å². The zero-order valence-electron chi connectivity index (χ0n) is 12.3. The number of hydrogen-bond donors (Lipinski definition) is 1. The first-order valence-corrected chi connectivity index (χ1v) is 8.77. The van der Waals surface area contributed by atoms with Crippen molar-refractivity contribution in [2.75, 3.05) is 22.7 Å². The van der Waals surface area contributed by atoms with Gasteiger partial charge in [0, 0.05) is 19.2 Å². The lowest BCUT2D eigenvalue weighted by molar-refractivity contribution is 0.599. The van der Waals surface area contributed by atoms with Gasteiger partial charge in [-0.3, -0.25) is 4.72 Å². The molecule has 1 aliphatic rings. The number of nitrogens with one attached hydrogen (secondary N) is 1. The molecule has 1 aliphatic heterocycles. The first kappa shape index (κ1) is 15.7. The molecule has 1 heterocycles. The highest BCUT2D eigenvalue weighted by Gasteiger charge is 2.21. The normalized spacial score (nSPS) is 15.0. The molecule has 1 fully saturated rings. The fourth-order valence-corrected chi connectivity index (χ4v) is 3.71. The maximum Gasteiger partial charge on any atom is 0.261 e. The van der Waals surface area contributed by atoms with Crippen LogP contribution in [0, 0.1) is 11.6 Å². The van der Waals surface area contributed by atoms with Crippen molar-refractivity contribution in [2.45, 2.75) is 17.7 Å². The van der Waals surface area contributed by atoms with Gasteiger partial charge in [0.15, 0.2) is 0 Å². The average Bonchev–Trinajstić information content (AvgIpc) is 3.01. The van der Waals surface area contributed by atoms with Crippen molar-refractivity contribution in [3.8, 4) is 0 Å². The van der Waals surface area contributed by atoms with Crippen LogP contribution in [0.2, 0.25) is 0 Å². The van der Waals surface area contributed by atoms with Crippen molar-refractivity contribution >= 4 is 21.4 Å². The minimum absolute atomic E-state index is 0.0736. The summed E-state index contributed by atoms with van der Waals surface area (Å²) in [5, 5.41) is 0. The lowest BCUT2D eigenvalue weighted by Gasteiger charge is -2.22. The summed E-state index contributed by atoms with van der Waals surface area (Å²) in [6.07, 6.45) is 2.03. The molecule has 0 unspecified atom stereocenters. The van der Waals surface area contributed by atoms with E-state index in [1.54, 1.807) is 6.07 Å². The van der Waals surface area contributed by atoms with E-state index in [0.29, 0.717) is 5.69 Å². The molecule has 0 bridgehead atoms. The summed E-state index contributed by atoms with van der Waals surface area (Å²) in [4.78, 5) is 1.94. The minimum atomic E-state index is -3.91. The molecular weight excluding hydrogens is 322 g/mol. The van der Waals surface area contributed by atoms with Crippen LogP contribution >= 0.6 is 0 Å². The van der Waals surface area contributed by atoms with Gasteiger partial charge in [-0.15, -0.1) is 0 Å². The zero-order chi connectivity index (χ0) is 16.4. The molecule has 0 spiro atoms. The molecular formula is C16H16F2N2O2S. The van der Waals surface area contributed by atoms with Gasteiger partial charge in [-0.25, -0.2) is 17.2 Å². The van der Waals surface area contributed by atoms with Gasteiger partial charge in [-0.2, -0.15) is 0 Å². The predicted molar refractivity (Wildman–Crippen MR) is 85.1 cm³/mol. The molecule has 1 saturated heterocycles. The second-order valence-corrected chi connectivity index (χ2v) is 7.10. The Kier molecular flexibility index (Phi) is 4.21. The Labute approximate surface area is 133 Å². The number of rotatable bonds is 4. The van der Waals surface area contributed by atoms with E-state index in [-0.39, 0.29) is 10.6 Å². The van der Waals surface area contributed by atoms with Gasteiger partial charge < -0.3 is 4.90 Å². The zero-order valence-corrected chi connectivity index (χ0v) is 13.1. The molecule has 0 aromatic heterocycles. The number of halogens is 2. The van der Waals surface area contributed by atoms with Crippen molar-refractivity contribution in [1.29, 1.82) is 0 Å².